The predicted molar refractivity (Wildman–Crippen MR) is 148 cm³/mol. The van der Waals surface area contributed by atoms with E-state index in [2.05, 4.69) is 34.2 Å². The second kappa shape index (κ2) is 10.9. The van der Waals surface area contributed by atoms with Crippen LogP contribution in [0.5, 0.6) is 11.5 Å². The Kier molecular flexibility index (Phi) is 7.03. The van der Waals surface area contributed by atoms with Crippen LogP contribution in [0.1, 0.15) is 29.2 Å². The van der Waals surface area contributed by atoms with Crippen LogP contribution in [0.2, 0.25) is 5.02 Å². The van der Waals surface area contributed by atoms with Gasteiger partial charge in [-0.25, -0.2) is 4.98 Å². The smallest absolute Gasteiger partial charge is 0.231 e. The molecule has 38 heavy (non-hydrogen) atoms. The van der Waals surface area contributed by atoms with Crippen molar-refractivity contribution in [3.63, 3.8) is 0 Å². The third-order valence-electron chi connectivity index (χ3n) is 7.23. The van der Waals surface area contributed by atoms with Gasteiger partial charge in [0.15, 0.2) is 11.5 Å². The lowest BCUT2D eigenvalue weighted by atomic mass is 9.91. The first-order chi connectivity index (χ1) is 18.6. The van der Waals surface area contributed by atoms with E-state index in [4.69, 9.17) is 21.1 Å². The first-order valence-corrected chi connectivity index (χ1v) is 13.3. The second-order valence-electron chi connectivity index (χ2n) is 9.62. The molecule has 7 nitrogen and oxygen atoms in total. The fourth-order valence-corrected chi connectivity index (χ4v) is 5.30. The van der Waals surface area contributed by atoms with Gasteiger partial charge in [-0.1, -0.05) is 60.2 Å². The van der Waals surface area contributed by atoms with Crippen molar-refractivity contribution in [3.8, 4) is 11.5 Å². The number of fused-ring (bicyclic) bond motifs is 2. The Morgan fingerprint density at radius 1 is 1.00 bits per heavy atom. The summed E-state index contributed by atoms with van der Waals surface area (Å²) in [7, 11) is 0. The molecule has 4 aromatic rings. The van der Waals surface area contributed by atoms with E-state index in [-0.39, 0.29) is 18.6 Å². The quantitative estimate of drug-likeness (QED) is 0.334. The van der Waals surface area contributed by atoms with Gasteiger partial charge in [0.2, 0.25) is 12.7 Å². The topological polar surface area (TPSA) is 59.3 Å². The number of benzene rings is 2. The van der Waals surface area contributed by atoms with Crippen molar-refractivity contribution in [2.75, 3.05) is 39.5 Å². The molecule has 2 aromatic carbocycles. The molecule has 194 valence electrons. The van der Waals surface area contributed by atoms with E-state index in [1.807, 2.05) is 70.2 Å². The van der Waals surface area contributed by atoms with Gasteiger partial charge in [0.25, 0.3) is 0 Å². The Labute approximate surface area is 226 Å². The first kappa shape index (κ1) is 24.5. The highest BCUT2D eigenvalue weighted by Gasteiger charge is 2.28. The highest BCUT2D eigenvalue weighted by molar-refractivity contribution is 6.30. The van der Waals surface area contributed by atoms with Crippen LogP contribution in [-0.2, 0) is 4.79 Å². The van der Waals surface area contributed by atoms with Crippen molar-refractivity contribution in [1.82, 2.24) is 19.2 Å². The summed E-state index contributed by atoms with van der Waals surface area (Å²) in [5.74, 6) is 1.34. The lowest BCUT2D eigenvalue weighted by molar-refractivity contribution is -0.133. The van der Waals surface area contributed by atoms with Gasteiger partial charge in [-0.3, -0.25) is 9.69 Å². The summed E-state index contributed by atoms with van der Waals surface area (Å²) in [6, 6.07) is 19.9. The molecule has 4 heterocycles. The van der Waals surface area contributed by atoms with Crippen LogP contribution in [0.4, 0.5) is 0 Å². The van der Waals surface area contributed by atoms with Gasteiger partial charge in [-0.05, 0) is 35.4 Å². The number of nitrogens with zero attached hydrogens (tertiary/aromatic N) is 4. The SMILES string of the molecule is O=C(CC(c1ccc2c(c1)OCO2)c1cnc2ccc(Cl)cn12)N1CCN(CC=Cc2ccccc2)CC1. The van der Waals surface area contributed by atoms with Crippen molar-refractivity contribution >= 4 is 29.2 Å². The number of rotatable bonds is 7. The molecule has 0 aliphatic carbocycles. The minimum Gasteiger partial charge on any atom is -0.454 e. The average molecular weight is 529 g/mol. The van der Waals surface area contributed by atoms with E-state index in [1.165, 1.54) is 5.56 Å². The predicted octanol–water partition coefficient (Wildman–Crippen LogP) is 5.10. The number of hydrogen-bond donors (Lipinski definition) is 0. The molecular formula is C30H29ClN4O3. The van der Waals surface area contributed by atoms with Crippen LogP contribution in [0.15, 0.2) is 79.1 Å². The Morgan fingerprint density at radius 2 is 1.82 bits per heavy atom. The van der Waals surface area contributed by atoms with Crippen LogP contribution >= 0.6 is 11.6 Å². The lowest BCUT2D eigenvalue weighted by Gasteiger charge is -2.35. The Morgan fingerprint density at radius 3 is 2.66 bits per heavy atom. The van der Waals surface area contributed by atoms with Gasteiger partial charge in [-0.15, -0.1) is 0 Å². The zero-order chi connectivity index (χ0) is 25.9. The number of piperazine rings is 1. The van der Waals surface area contributed by atoms with Crippen LogP contribution in [0, 0.1) is 0 Å². The maximum Gasteiger partial charge on any atom is 0.231 e. The molecule has 6 rings (SSSR count). The molecule has 2 aromatic heterocycles. The number of carbonyl (C=O) groups excluding carboxylic acids is 1. The number of pyridine rings is 1. The zero-order valence-corrected chi connectivity index (χ0v) is 21.8. The molecule has 1 unspecified atom stereocenters. The van der Waals surface area contributed by atoms with Crippen LogP contribution in [0.3, 0.4) is 0 Å². The van der Waals surface area contributed by atoms with E-state index < -0.39 is 0 Å². The molecule has 0 bridgehead atoms. The highest BCUT2D eigenvalue weighted by atomic mass is 35.5. The summed E-state index contributed by atoms with van der Waals surface area (Å²) < 4.78 is 13.1. The van der Waals surface area contributed by atoms with Crippen LogP contribution in [-0.4, -0.2) is 64.6 Å². The van der Waals surface area contributed by atoms with Crippen LogP contribution < -0.4 is 9.47 Å². The minimum absolute atomic E-state index is 0.129. The normalized spacial score (nSPS) is 16.4. The fraction of sp³-hybridized carbons (Fsp3) is 0.267. The van der Waals surface area contributed by atoms with Crippen LogP contribution in [0.25, 0.3) is 11.7 Å². The minimum atomic E-state index is -0.211. The van der Waals surface area contributed by atoms with Gasteiger partial charge >= 0.3 is 0 Å². The number of aromatic nitrogens is 2. The van der Waals surface area contributed by atoms with Gasteiger partial charge in [0, 0.05) is 57.5 Å². The number of amides is 1. The summed E-state index contributed by atoms with van der Waals surface area (Å²) in [5.41, 5.74) is 3.89. The molecule has 2 aliphatic rings. The van der Waals surface area contributed by atoms with E-state index in [9.17, 15) is 4.79 Å². The Bertz CT molecular complexity index is 1460. The maximum absolute atomic E-state index is 13.6. The van der Waals surface area contributed by atoms with Gasteiger partial charge in [0.05, 0.1) is 10.7 Å². The fourth-order valence-electron chi connectivity index (χ4n) is 5.14. The highest BCUT2D eigenvalue weighted by Crippen LogP contribution is 2.38. The monoisotopic (exact) mass is 528 g/mol. The van der Waals surface area contributed by atoms with E-state index >= 15 is 0 Å². The van der Waals surface area contributed by atoms with Gasteiger partial charge < -0.3 is 18.8 Å². The number of imidazole rings is 1. The number of halogens is 1. The summed E-state index contributed by atoms with van der Waals surface area (Å²) >= 11 is 6.32. The van der Waals surface area contributed by atoms with E-state index in [0.29, 0.717) is 30.3 Å². The standard InChI is InChI=1S/C30H29ClN4O3/c31-24-9-11-29-32-19-26(35(29)20-24)25(23-8-10-27-28(17-23)38-21-37-27)18-30(36)34-15-13-33(14-16-34)12-4-7-22-5-2-1-3-6-22/h1-11,17,19-20,25H,12-16,18,21H2. The van der Waals surface area contributed by atoms with E-state index in [0.717, 1.165) is 42.3 Å². The Balaban J connectivity index is 1.17. The largest absolute Gasteiger partial charge is 0.454 e. The number of carbonyl (C=O) groups is 1. The summed E-state index contributed by atoms with van der Waals surface area (Å²) in [4.78, 5) is 22.5. The lowest BCUT2D eigenvalue weighted by Crippen LogP contribution is -2.48. The molecule has 0 N–H and O–H groups in total. The van der Waals surface area contributed by atoms with Gasteiger partial charge in [-0.2, -0.15) is 0 Å². The summed E-state index contributed by atoms with van der Waals surface area (Å²) in [6.07, 6.45) is 8.36. The van der Waals surface area contributed by atoms with Crippen molar-refractivity contribution < 1.29 is 14.3 Å². The molecule has 1 amide bonds. The third-order valence-corrected chi connectivity index (χ3v) is 7.45. The average Bonchev–Trinajstić information content (AvgIpc) is 3.59. The first-order valence-electron chi connectivity index (χ1n) is 12.9. The molecule has 1 saturated heterocycles. The summed E-state index contributed by atoms with van der Waals surface area (Å²) in [5, 5.41) is 0.616. The molecule has 0 radical (unpaired) electrons. The van der Waals surface area contributed by atoms with Crippen molar-refractivity contribution in [1.29, 1.82) is 0 Å². The number of ether oxygens (including phenoxy) is 2. The van der Waals surface area contributed by atoms with Gasteiger partial charge in [0.1, 0.15) is 5.65 Å². The molecule has 0 spiro atoms. The Hall–Kier alpha value is -3.81. The zero-order valence-electron chi connectivity index (χ0n) is 21.0. The molecule has 1 fully saturated rings. The molecular weight excluding hydrogens is 500 g/mol. The molecule has 1 atom stereocenters. The molecule has 8 heteroatoms. The van der Waals surface area contributed by atoms with Crippen molar-refractivity contribution in [3.05, 3.63) is 101 Å². The maximum atomic E-state index is 13.6. The second-order valence-corrected chi connectivity index (χ2v) is 10.1. The van der Waals surface area contributed by atoms with E-state index in [1.54, 1.807) is 0 Å². The van der Waals surface area contributed by atoms with Crippen molar-refractivity contribution in [2.45, 2.75) is 12.3 Å². The molecule has 2 aliphatic heterocycles. The molecule has 0 saturated carbocycles. The summed E-state index contributed by atoms with van der Waals surface area (Å²) in [6.45, 7) is 4.21. The van der Waals surface area contributed by atoms with Crippen molar-refractivity contribution in [2.24, 2.45) is 0 Å². The number of hydrogen-bond acceptors (Lipinski definition) is 5. The third kappa shape index (κ3) is 5.26.